The predicted octanol–water partition coefficient (Wildman–Crippen LogP) is -0.0288. The van der Waals surface area contributed by atoms with Crippen LogP contribution in [0.4, 0.5) is 0 Å². The molecule has 0 aromatic heterocycles. The Labute approximate surface area is 103 Å². The minimum absolute atomic E-state index is 0.0165. The Morgan fingerprint density at radius 1 is 1.41 bits per heavy atom. The molecule has 5 heteroatoms. The van der Waals surface area contributed by atoms with Crippen molar-refractivity contribution in [2.45, 2.75) is 31.7 Å². The lowest BCUT2D eigenvalue weighted by Gasteiger charge is -2.32. The number of amides is 1. The van der Waals surface area contributed by atoms with Gasteiger partial charge in [0, 0.05) is 26.2 Å². The summed E-state index contributed by atoms with van der Waals surface area (Å²) >= 11 is 0. The van der Waals surface area contributed by atoms with Gasteiger partial charge >= 0.3 is 0 Å². The molecule has 0 aromatic carbocycles. The molecule has 1 rings (SSSR count). The summed E-state index contributed by atoms with van der Waals surface area (Å²) in [5.41, 5.74) is 6.00. The lowest BCUT2D eigenvalue weighted by atomic mass is 9.84. The first-order valence-electron chi connectivity index (χ1n) is 6.35. The van der Waals surface area contributed by atoms with Gasteiger partial charge in [-0.15, -0.1) is 0 Å². The maximum absolute atomic E-state index is 12.3. The monoisotopic (exact) mass is 244 g/mol. The predicted molar refractivity (Wildman–Crippen MR) is 65.5 cm³/mol. The SMILES string of the molecule is COCCN(CCO)C(=O)C1CCCCC1N. The van der Waals surface area contributed by atoms with Crippen LogP contribution < -0.4 is 5.73 Å². The Bertz CT molecular complexity index is 236. The van der Waals surface area contributed by atoms with E-state index in [1.54, 1.807) is 12.0 Å². The lowest BCUT2D eigenvalue weighted by Crippen LogP contribution is -2.47. The van der Waals surface area contributed by atoms with Gasteiger partial charge in [0.05, 0.1) is 19.1 Å². The Kier molecular flexibility index (Phi) is 6.47. The number of rotatable bonds is 6. The van der Waals surface area contributed by atoms with Gasteiger partial charge in [-0.25, -0.2) is 0 Å². The second kappa shape index (κ2) is 7.63. The standard InChI is InChI=1S/C12H24N2O3/c1-17-9-7-14(6-8-15)12(16)10-4-2-3-5-11(10)13/h10-11,15H,2-9,13H2,1H3. The third kappa shape index (κ3) is 4.26. The summed E-state index contributed by atoms with van der Waals surface area (Å²) in [4.78, 5) is 13.9. The minimum atomic E-state index is -0.0767. The number of carbonyl (C=O) groups excluding carboxylic acids is 1. The number of nitrogens with two attached hydrogens (primary N) is 1. The molecule has 0 aliphatic heterocycles. The Morgan fingerprint density at radius 3 is 2.71 bits per heavy atom. The van der Waals surface area contributed by atoms with Crippen molar-refractivity contribution in [3.8, 4) is 0 Å². The molecule has 5 nitrogen and oxygen atoms in total. The minimum Gasteiger partial charge on any atom is -0.395 e. The van der Waals surface area contributed by atoms with Crippen molar-refractivity contribution in [3.63, 3.8) is 0 Å². The van der Waals surface area contributed by atoms with Crippen LogP contribution in [0.2, 0.25) is 0 Å². The Hall–Kier alpha value is -0.650. The fraction of sp³-hybridized carbons (Fsp3) is 0.917. The van der Waals surface area contributed by atoms with Crippen LogP contribution in [0.3, 0.4) is 0 Å². The van der Waals surface area contributed by atoms with E-state index in [9.17, 15) is 4.79 Å². The second-order valence-corrected chi connectivity index (χ2v) is 4.60. The van der Waals surface area contributed by atoms with Crippen molar-refractivity contribution in [2.75, 3.05) is 33.4 Å². The normalized spacial score (nSPS) is 24.6. The largest absolute Gasteiger partial charge is 0.395 e. The molecule has 0 spiro atoms. The summed E-state index contributed by atoms with van der Waals surface area (Å²) in [5, 5.41) is 8.98. The fourth-order valence-corrected chi connectivity index (χ4v) is 2.36. The van der Waals surface area contributed by atoms with Gasteiger partial charge in [0.2, 0.25) is 5.91 Å². The average Bonchev–Trinajstić information content (AvgIpc) is 2.34. The molecule has 2 atom stereocenters. The van der Waals surface area contributed by atoms with Gasteiger partial charge in [-0.3, -0.25) is 4.79 Å². The molecule has 1 amide bonds. The first kappa shape index (κ1) is 14.4. The molecule has 3 N–H and O–H groups in total. The van der Waals surface area contributed by atoms with Gasteiger partial charge in [-0.1, -0.05) is 12.8 Å². The number of aliphatic hydroxyl groups is 1. The molecular formula is C12H24N2O3. The molecule has 0 radical (unpaired) electrons. The summed E-state index contributed by atoms with van der Waals surface area (Å²) < 4.78 is 4.98. The zero-order valence-electron chi connectivity index (χ0n) is 10.6. The van der Waals surface area contributed by atoms with Crippen molar-refractivity contribution in [3.05, 3.63) is 0 Å². The van der Waals surface area contributed by atoms with Gasteiger partial charge in [0.25, 0.3) is 0 Å². The highest BCUT2D eigenvalue weighted by molar-refractivity contribution is 5.79. The summed E-state index contributed by atoms with van der Waals surface area (Å²) in [6.07, 6.45) is 3.98. The first-order valence-corrected chi connectivity index (χ1v) is 6.35. The number of hydrogen-bond acceptors (Lipinski definition) is 4. The molecule has 17 heavy (non-hydrogen) atoms. The van der Waals surface area contributed by atoms with Crippen LogP contribution in [0.15, 0.2) is 0 Å². The number of aliphatic hydroxyl groups excluding tert-OH is 1. The molecule has 1 fully saturated rings. The Balaban J connectivity index is 2.55. The summed E-state index contributed by atoms with van der Waals surface area (Å²) in [7, 11) is 1.61. The summed E-state index contributed by atoms with van der Waals surface area (Å²) in [6, 6.07) is -0.0278. The molecule has 1 saturated carbocycles. The van der Waals surface area contributed by atoms with Crippen LogP contribution in [0.25, 0.3) is 0 Å². The van der Waals surface area contributed by atoms with E-state index in [1.165, 1.54) is 0 Å². The van der Waals surface area contributed by atoms with Crippen LogP contribution >= 0.6 is 0 Å². The van der Waals surface area contributed by atoms with Crippen molar-refractivity contribution in [2.24, 2.45) is 11.7 Å². The highest BCUT2D eigenvalue weighted by atomic mass is 16.5. The van der Waals surface area contributed by atoms with E-state index in [-0.39, 0.29) is 24.5 Å². The molecule has 0 bridgehead atoms. The first-order chi connectivity index (χ1) is 8.20. The molecule has 0 heterocycles. The number of methoxy groups -OCH3 is 1. The summed E-state index contributed by atoms with van der Waals surface area (Å²) in [6.45, 7) is 1.37. The van der Waals surface area contributed by atoms with Crippen LogP contribution in [0.5, 0.6) is 0 Å². The number of carbonyl (C=O) groups is 1. The van der Waals surface area contributed by atoms with E-state index in [4.69, 9.17) is 15.6 Å². The number of hydrogen-bond donors (Lipinski definition) is 2. The van der Waals surface area contributed by atoms with Gasteiger partial charge in [0.15, 0.2) is 0 Å². The van der Waals surface area contributed by atoms with Gasteiger partial charge < -0.3 is 20.5 Å². The molecule has 1 aliphatic carbocycles. The van der Waals surface area contributed by atoms with E-state index < -0.39 is 0 Å². The van der Waals surface area contributed by atoms with Crippen LogP contribution in [-0.2, 0) is 9.53 Å². The third-order valence-corrected chi connectivity index (χ3v) is 3.38. The highest BCUT2D eigenvalue weighted by Crippen LogP contribution is 2.24. The van der Waals surface area contributed by atoms with Crippen LogP contribution in [0.1, 0.15) is 25.7 Å². The van der Waals surface area contributed by atoms with Crippen molar-refractivity contribution in [1.82, 2.24) is 4.90 Å². The molecule has 2 unspecified atom stereocenters. The fourth-order valence-electron chi connectivity index (χ4n) is 2.36. The smallest absolute Gasteiger partial charge is 0.227 e. The highest BCUT2D eigenvalue weighted by Gasteiger charge is 2.31. The quantitative estimate of drug-likeness (QED) is 0.688. The topological polar surface area (TPSA) is 75.8 Å². The zero-order chi connectivity index (χ0) is 12.7. The van der Waals surface area contributed by atoms with E-state index in [1.807, 2.05) is 0 Å². The van der Waals surface area contributed by atoms with Gasteiger partial charge in [-0.05, 0) is 12.8 Å². The van der Waals surface area contributed by atoms with Crippen molar-refractivity contribution < 1.29 is 14.6 Å². The maximum atomic E-state index is 12.3. The molecule has 0 aromatic rings. The molecular weight excluding hydrogens is 220 g/mol. The summed E-state index contributed by atoms with van der Waals surface area (Å²) in [5.74, 6) is -0.00421. The lowest BCUT2D eigenvalue weighted by molar-refractivity contribution is -0.138. The van der Waals surface area contributed by atoms with Crippen molar-refractivity contribution in [1.29, 1.82) is 0 Å². The van der Waals surface area contributed by atoms with Gasteiger partial charge in [-0.2, -0.15) is 0 Å². The molecule has 0 saturated heterocycles. The van der Waals surface area contributed by atoms with Crippen LogP contribution in [-0.4, -0.2) is 55.4 Å². The molecule has 1 aliphatic rings. The number of nitrogens with zero attached hydrogens (tertiary/aromatic N) is 1. The average molecular weight is 244 g/mol. The van der Waals surface area contributed by atoms with Crippen LogP contribution in [0, 0.1) is 5.92 Å². The molecule has 100 valence electrons. The second-order valence-electron chi connectivity index (χ2n) is 4.60. The van der Waals surface area contributed by atoms with E-state index in [2.05, 4.69) is 0 Å². The Morgan fingerprint density at radius 2 is 2.12 bits per heavy atom. The zero-order valence-corrected chi connectivity index (χ0v) is 10.6. The van der Waals surface area contributed by atoms with Gasteiger partial charge in [0.1, 0.15) is 0 Å². The van der Waals surface area contributed by atoms with E-state index in [0.717, 1.165) is 25.7 Å². The van der Waals surface area contributed by atoms with E-state index >= 15 is 0 Å². The third-order valence-electron chi connectivity index (χ3n) is 3.38. The number of ether oxygens (including phenoxy) is 1. The maximum Gasteiger partial charge on any atom is 0.227 e. The van der Waals surface area contributed by atoms with E-state index in [0.29, 0.717) is 19.7 Å². The van der Waals surface area contributed by atoms with Crippen molar-refractivity contribution >= 4 is 5.91 Å².